The van der Waals surface area contributed by atoms with Crippen LogP contribution in [0.4, 0.5) is 4.79 Å². The Morgan fingerprint density at radius 2 is 2.07 bits per heavy atom. The van der Waals surface area contributed by atoms with Gasteiger partial charge in [-0.15, -0.1) is 0 Å². The van der Waals surface area contributed by atoms with Gasteiger partial charge in [-0.3, -0.25) is 0 Å². The van der Waals surface area contributed by atoms with Gasteiger partial charge in [-0.25, -0.2) is 9.78 Å². The number of amides is 1. The molecule has 0 spiro atoms. The Morgan fingerprint density at radius 1 is 1.33 bits per heavy atom. The van der Waals surface area contributed by atoms with Crippen LogP contribution in [0, 0.1) is 10.8 Å². The Kier molecular flexibility index (Phi) is 4.25. The minimum absolute atomic E-state index is 0.0528. The van der Waals surface area contributed by atoms with Crippen LogP contribution >= 0.6 is 0 Å². The largest absolute Gasteiger partial charge is 0.444 e. The molecule has 0 N–H and O–H groups in total. The molecule has 1 fully saturated rings. The molecule has 27 heavy (non-hydrogen) atoms. The molecule has 7 heteroatoms. The Morgan fingerprint density at radius 3 is 2.78 bits per heavy atom. The van der Waals surface area contributed by atoms with Crippen molar-refractivity contribution in [1.29, 1.82) is 0 Å². The molecule has 2 aliphatic heterocycles. The van der Waals surface area contributed by atoms with Crippen molar-refractivity contribution < 1.29 is 9.53 Å². The topological polar surface area (TPSA) is 76.8 Å². The zero-order chi connectivity index (χ0) is 19.2. The van der Waals surface area contributed by atoms with Crippen LogP contribution < -0.4 is 0 Å². The van der Waals surface area contributed by atoms with Gasteiger partial charge in [0.05, 0.1) is 24.3 Å². The maximum atomic E-state index is 12.1. The lowest BCUT2D eigenvalue weighted by Gasteiger charge is -2.41. The highest BCUT2D eigenvalue weighted by atomic mass is 16.6. The van der Waals surface area contributed by atoms with Crippen molar-refractivity contribution in [2.45, 2.75) is 44.9 Å². The summed E-state index contributed by atoms with van der Waals surface area (Å²) in [5.74, 6) is 0.0646. The standard InChI is InChI=1S/C20H24N4O3/c1-20(2,3)27-19(25)23-10-13(11-23)16(22-26)8-17-14-6-4-5-7-15(14)18-9-21-12-24(17)18/h4-7,9,12-13,16-17H,8,10-11H2,1-3H3. The third-order valence-electron chi connectivity index (χ3n) is 5.30. The molecule has 1 saturated heterocycles. The van der Waals surface area contributed by atoms with E-state index in [1.807, 2.05) is 45.4 Å². The minimum atomic E-state index is -0.518. The average molecular weight is 368 g/mol. The summed E-state index contributed by atoms with van der Waals surface area (Å²) in [7, 11) is 0. The van der Waals surface area contributed by atoms with Crippen LogP contribution in [0.5, 0.6) is 0 Å². The summed E-state index contributed by atoms with van der Waals surface area (Å²) >= 11 is 0. The first-order valence-corrected chi connectivity index (χ1v) is 9.29. The van der Waals surface area contributed by atoms with Gasteiger partial charge in [0.2, 0.25) is 0 Å². The molecule has 4 rings (SSSR count). The van der Waals surface area contributed by atoms with Crippen molar-refractivity contribution in [3.63, 3.8) is 0 Å². The number of ether oxygens (including phenoxy) is 1. The molecule has 2 aromatic rings. The predicted molar refractivity (Wildman–Crippen MR) is 101 cm³/mol. The van der Waals surface area contributed by atoms with Gasteiger partial charge in [0.25, 0.3) is 0 Å². The number of hydrogen-bond donors (Lipinski definition) is 0. The average Bonchev–Trinajstić information content (AvgIpc) is 3.13. The molecule has 2 atom stereocenters. The van der Waals surface area contributed by atoms with Gasteiger partial charge in [-0.1, -0.05) is 29.4 Å². The predicted octanol–water partition coefficient (Wildman–Crippen LogP) is 3.84. The maximum Gasteiger partial charge on any atom is 0.410 e. The molecule has 142 valence electrons. The fraction of sp³-hybridized carbons (Fsp3) is 0.500. The summed E-state index contributed by atoms with van der Waals surface area (Å²) in [4.78, 5) is 29.6. The summed E-state index contributed by atoms with van der Waals surface area (Å²) in [5, 5.41) is 3.41. The monoisotopic (exact) mass is 368 g/mol. The number of fused-ring (bicyclic) bond motifs is 3. The second-order valence-corrected chi connectivity index (χ2v) is 8.34. The van der Waals surface area contributed by atoms with Crippen LogP contribution in [-0.4, -0.2) is 45.3 Å². The van der Waals surface area contributed by atoms with Gasteiger partial charge >= 0.3 is 6.09 Å². The zero-order valence-corrected chi connectivity index (χ0v) is 15.8. The van der Waals surface area contributed by atoms with Gasteiger partial charge in [0.15, 0.2) is 0 Å². The minimum Gasteiger partial charge on any atom is -0.444 e. The number of rotatable bonds is 4. The van der Waals surface area contributed by atoms with E-state index in [2.05, 4.69) is 26.9 Å². The summed E-state index contributed by atoms with van der Waals surface area (Å²) in [5.41, 5.74) is 2.92. The van der Waals surface area contributed by atoms with Gasteiger partial charge < -0.3 is 14.2 Å². The van der Waals surface area contributed by atoms with Crippen molar-refractivity contribution in [2.24, 2.45) is 11.1 Å². The van der Waals surface area contributed by atoms with Crippen molar-refractivity contribution in [1.82, 2.24) is 14.5 Å². The zero-order valence-electron chi connectivity index (χ0n) is 15.8. The number of nitrogens with zero attached hydrogens (tertiary/aromatic N) is 4. The first kappa shape index (κ1) is 17.7. The molecule has 0 radical (unpaired) electrons. The van der Waals surface area contributed by atoms with E-state index < -0.39 is 5.60 Å². The van der Waals surface area contributed by atoms with Crippen LogP contribution in [0.25, 0.3) is 11.3 Å². The number of nitroso groups, excluding NO2 is 1. The van der Waals surface area contributed by atoms with E-state index >= 15 is 0 Å². The maximum absolute atomic E-state index is 12.1. The second-order valence-electron chi connectivity index (χ2n) is 8.34. The molecule has 2 unspecified atom stereocenters. The summed E-state index contributed by atoms with van der Waals surface area (Å²) in [6.45, 7) is 6.56. The molecular weight excluding hydrogens is 344 g/mol. The fourth-order valence-corrected chi connectivity index (χ4v) is 3.95. The molecule has 1 amide bonds. The SMILES string of the molecule is CC(C)(C)OC(=O)N1CC(C(CC2c3ccccc3-c3cncn32)N=O)C1. The number of carbonyl (C=O) groups is 1. The molecule has 1 aromatic heterocycles. The van der Waals surface area contributed by atoms with E-state index in [1.54, 1.807) is 4.90 Å². The Labute approximate surface area is 158 Å². The number of hydrogen-bond acceptors (Lipinski definition) is 5. The summed E-state index contributed by atoms with van der Waals surface area (Å²) < 4.78 is 7.50. The lowest BCUT2D eigenvalue weighted by atomic mass is 9.86. The Balaban J connectivity index is 1.44. The molecule has 0 aliphatic carbocycles. The molecular formula is C20H24N4O3. The number of likely N-dealkylation sites (tertiary alicyclic amines) is 1. The van der Waals surface area contributed by atoms with Gasteiger partial charge in [0.1, 0.15) is 11.6 Å². The number of benzene rings is 1. The number of imidazole rings is 1. The van der Waals surface area contributed by atoms with Crippen molar-refractivity contribution >= 4 is 6.09 Å². The summed E-state index contributed by atoms with van der Waals surface area (Å²) in [6, 6.07) is 7.91. The van der Waals surface area contributed by atoms with Gasteiger partial charge in [-0.05, 0) is 32.8 Å². The van der Waals surface area contributed by atoms with E-state index in [1.165, 1.54) is 5.56 Å². The second kappa shape index (κ2) is 6.48. The number of aromatic nitrogens is 2. The van der Waals surface area contributed by atoms with Crippen molar-refractivity contribution in [2.75, 3.05) is 13.1 Å². The highest BCUT2D eigenvalue weighted by molar-refractivity contribution is 5.70. The van der Waals surface area contributed by atoms with Crippen LogP contribution in [0.15, 0.2) is 42.0 Å². The van der Waals surface area contributed by atoms with Crippen LogP contribution in [0.1, 0.15) is 38.8 Å². The Bertz CT molecular complexity index is 864. The lowest BCUT2D eigenvalue weighted by Crippen LogP contribution is -2.55. The molecule has 7 nitrogen and oxygen atoms in total. The molecule has 0 bridgehead atoms. The lowest BCUT2D eigenvalue weighted by molar-refractivity contribution is -0.00539. The van der Waals surface area contributed by atoms with Crippen LogP contribution in [0.3, 0.4) is 0 Å². The van der Waals surface area contributed by atoms with E-state index in [-0.39, 0.29) is 24.1 Å². The summed E-state index contributed by atoms with van der Waals surface area (Å²) in [6.07, 6.45) is 3.95. The van der Waals surface area contributed by atoms with Gasteiger partial charge in [0, 0.05) is 24.6 Å². The molecule has 3 heterocycles. The third kappa shape index (κ3) is 3.22. The first-order valence-electron chi connectivity index (χ1n) is 9.29. The van der Waals surface area contributed by atoms with Crippen LogP contribution in [-0.2, 0) is 4.74 Å². The molecule has 1 aromatic carbocycles. The normalized spacial score (nSPS) is 19.8. The highest BCUT2D eigenvalue weighted by Crippen LogP contribution is 2.42. The van der Waals surface area contributed by atoms with E-state index in [4.69, 9.17) is 4.74 Å². The van der Waals surface area contributed by atoms with Crippen LogP contribution in [0.2, 0.25) is 0 Å². The highest BCUT2D eigenvalue weighted by Gasteiger charge is 2.41. The van der Waals surface area contributed by atoms with E-state index in [9.17, 15) is 9.70 Å². The first-order chi connectivity index (χ1) is 12.9. The smallest absolute Gasteiger partial charge is 0.410 e. The van der Waals surface area contributed by atoms with E-state index in [0.29, 0.717) is 19.5 Å². The van der Waals surface area contributed by atoms with Crippen molar-refractivity contribution in [3.05, 3.63) is 47.3 Å². The van der Waals surface area contributed by atoms with E-state index in [0.717, 1.165) is 11.3 Å². The molecule has 2 aliphatic rings. The fourth-order valence-electron chi connectivity index (χ4n) is 3.95. The third-order valence-corrected chi connectivity index (χ3v) is 5.30. The molecule has 0 saturated carbocycles. The Hall–Kier alpha value is -2.70. The quantitative estimate of drug-likeness (QED) is 0.768. The number of carbonyl (C=O) groups excluding carboxylic acids is 1. The van der Waals surface area contributed by atoms with Crippen molar-refractivity contribution in [3.8, 4) is 11.3 Å². The van der Waals surface area contributed by atoms with Gasteiger partial charge in [-0.2, -0.15) is 4.91 Å².